The Labute approximate surface area is 144 Å². The number of H-pyrrole nitrogens is 1. The van der Waals surface area contributed by atoms with Crippen molar-refractivity contribution in [1.29, 1.82) is 0 Å². The average molecular weight is 343 g/mol. The molecule has 0 spiro atoms. The lowest BCUT2D eigenvalue weighted by Crippen LogP contribution is -2.42. The molecule has 8 heteroatoms. The minimum atomic E-state index is -0.667. The molecule has 3 rings (SSSR count). The van der Waals surface area contributed by atoms with Gasteiger partial charge in [0.15, 0.2) is 0 Å². The number of pyridine rings is 1. The molecular weight excluding hydrogens is 322 g/mol. The van der Waals surface area contributed by atoms with Gasteiger partial charge in [-0.25, -0.2) is 9.78 Å². The number of carbonyl (C=O) groups excluding carboxylic acids is 1. The number of aromatic amines is 1. The third-order valence-electron chi connectivity index (χ3n) is 4.40. The Bertz CT molecular complexity index is 859. The molecule has 0 radical (unpaired) electrons. The van der Waals surface area contributed by atoms with Crippen LogP contribution in [0.5, 0.6) is 0 Å². The highest BCUT2D eigenvalue weighted by atomic mass is 16.2. The van der Waals surface area contributed by atoms with Gasteiger partial charge in [-0.2, -0.15) is 0 Å². The standard InChI is InChI=1S/C17H21N5O3/c1-21-11-13(16(24)20-17(21)25)15(23)19-9-12-5-4-8-22(10-12)14-6-2-3-7-18-14/h2-3,6-7,11-12H,4-5,8-10H2,1H3,(H,19,23)(H,20,24,25)/t12-/m0/s1. The van der Waals surface area contributed by atoms with E-state index >= 15 is 0 Å². The number of amides is 1. The molecule has 1 aliphatic heterocycles. The molecule has 1 saturated heterocycles. The van der Waals surface area contributed by atoms with Gasteiger partial charge in [-0.1, -0.05) is 6.07 Å². The molecule has 2 aromatic heterocycles. The Morgan fingerprint density at radius 2 is 2.24 bits per heavy atom. The molecule has 0 aliphatic carbocycles. The predicted octanol–water partition coefficient (Wildman–Crippen LogP) is 0.115. The quantitative estimate of drug-likeness (QED) is 0.821. The Kier molecular flexibility index (Phi) is 4.97. The van der Waals surface area contributed by atoms with Crippen LogP contribution in [0.15, 0.2) is 40.2 Å². The van der Waals surface area contributed by atoms with E-state index in [1.807, 2.05) is 18.2 Å². The van der Waals surface area contributed by atoms with Crippen LogP contribution in [0.3, 0.4) is 0 Å². The number of hydrogen-bond donors (Lipinski definition) is 2. The Balaban J connectivity index is 1.61. The summed E-state index contributed by atoms with van der Waals surface area (Å²) in [4.78, 5) is 44.1. The van der Waals surface area contributed by atoms with Crippen LogP contribution in [-0.2, 0) is 7.05 Å². The van der Waals surface area contributed by atoms with Crippen molar-refractivity contribution in [3.8, 4) is 0 Å². The first-order valence-corrected chi connectivity index (χ1v) is 8.28. The monoisotopic (exact) mass is 343 g/mol. The maximum atomic E-state index is 12.3. The van der Waals surface area contributed by atoms with Crippen molar-refractivity contribution in [3.05, 3.63) is 57.0 Å². The lowest BCUT2D eigenvalue weighted by atomic mass is 9.98. The lowest BCUT2D eigenvalue weighted by Gasteiger charge is -2.33. The van der Waals surface area contributed by atoms with E-state index in [2.05, 4.69) is 20.2 Å². The fourth-order valence-electron chi connectivity index (χ4n) is 3.04. The largest absolute Gasteiger partial charge is 0.356 e. The van der Waals surface area contributed by atoms with E-state index in [1.54, 1.807) is 6.20 Å². The summed E-state index contributed by atoms with van der Waals surface area (Å²) in [5.74, 6) is 0.756. The van der Waals surface area contributed by atoms with Gasteiger partial charge in [0.2, 0.25) is 0 Å². The molecule has 3 heterocycles. The molecule has 1 amide bonds. The van der Waals surface area contributed by atoms with Gasteiger partial charge in [0.05, 0.1) is 0 Å². The topological polar surface area (TPSA) is 100 Å². The van der Waals surface area contributed by atoms with E-state index in [1.165, 1.54) is 17.8 Å². The number of carbonyl (C=O) groups is 1. The van der Waals surface area contributed by atoms with Crippen LogP contribution in [0.1, 0.15) is 23.2 Å². The highest BCUT2D eigenvalue weighted by Crippen LogP contribution is 2.20. The van der Waals surface area contributed by atoms with Crippen molar-refractivity contribution in [1.82, 2.24) is 19.9 Å². The van der Waals surface area contributed by atoms with E-state index in [0.717, 1.165) is 31.7 Å². The van der Waals surface area contributed by atoms with E-state index in [-0.39, 0.29) is 11.5 Å². The van der Waals surface area contributed by atoms with Crippen LogP contribution < -0.4 is 21.5 Å². The molecule has 0 saturated carbocycles. The van der Waals surface area contributed by atoms with Crippen LogP contribution in [0.25, 0.3) is 0 Å². The Hall–Kier alpha value is -2.90. The minimum absolute atomic E-state index is 0.0560. The molecule has 0 aromatic carbocycles. The second-order valence-corrected chi connectivity index (χ2v) is 6.27. The van der Waals surface area contributed by atoms with Gasteiger partial charge < -0.3 is 14.8 Å². The van der Waals surface area contributed by atoms with E-state index < -0.39 is 17.2 Å². The summed E-state index contributed by atoms with van der Waals surface area (Å²) < 4.78 is 1.18. The molecule has 0 unspecified atom stereocenters. The maximum Gasteiger partial charge on any atom is 0.328 e. The summed E-state index contributed by atoms with van der Waals surface area (Å²) in [6, 6.07) is 5.82. The van der Waals surface area contributed by atoms with Crippen LogP contribution in [0.2, 0.25) is 0 Å². The minimum Gasteiger partial charge on any atom is -0.356 e. The SMILES string of the molecule is Cn1cc(C(=O)NC[C@@H]2CCCN(c3ccccn3)C2)c(=O)[nH]c1=O. The first-order valence-electron chi connectivity index (χ1n) is 8.28. The van der Waals surface area contributed by atoms with Gasteiger partial charge >= 0.3 is 5.69 Å². The third-order valence-corrected chi connectivity index (χ3v) is 4.40. The molecule has 0 bridgehead atoms. The Morgan fingerprint density at radius 3 is 3.00 bits per heavy atom. The zero-order valence-electron chi connectivity index (χ0n) is 14.1. The van der Waals surface area contributed by atoms with Gasteiger partial charge in [0, 0.05) is 39.1 Å². The predicted molar refractivity (Wildman–Crippen MR) is 93.8 cm³/mol. The van der Waals surface area contributed by atoms with Gasteiger partial charge in [0.25, 0.3) is 11.5 Å². The molecule has 132 valence electrons. The fraction of sp³-hybridized carbons (Fsp3) is 0.412. The summed E-state index contributed by atoms with van der Waals surface area (Å²) in [5.41, 5.74) is -1.27. The zero-order chi connectivity index (χ0) is 17.8. The molecule has 1 fully saturated rings. The molecule has 1 aliphatic rings. The van der Waals surface area contributed by atoms with Gasteiger partial charge in [-0.05, 0) is 30.9 Å². The number of aromatic nitrogens is 3. The second-order valence-electron chi connectivity index (χ2n) is 6.27. The van der Waals surface area contributed by atoms with Crippen molar-refractivity contribution in [2.45, 2.75) is 12.8 Å². The van der Waals surface area contributed by atoms with Gasteiger partial charge in [0.1, 0.15) is 11.4 Å². The molecular formula is C17H21N5O3. The fourth-order valence-corrected chi connectivity index (χ4v) is 3.04. The van der Waals surface area contributed by atoms with Crippen molar-refractivity contribution >= 4 is 11.7 Å². The van der Waals surface area contributed by atoms with Crippen molar-refractivity contribution < 1.29 is 4.79 Å². The van der Waals surface area contributed by atoms with Gasteiger partial charge in [-0.3, -0.25) is 14.6 Å². The van der Waals surface area contributed by atoms with Crippen LogP contribution in [0.4, 0.5) is 5.82 Å². The highest BCUT2D eigenvalue weighted by molar-refractivity contribution is 5.93. The second kappa shape index (κ2) is 7.33. The first-order chi connectivity index (χ1) is 12.0. The van der Waals surface area contributed by atoms with Crippen LogP contribution in [-0.4, -0.2) is 40.1 Å². The van der Waals surface area contributed by atoms with Crippen LogP contribution in [0, 0.1) is 5.92 Å². The number of nitrogens with zero attached hydrogens (tertiary/aromatic N) is 3. The molecule has 25 heavy (non-hydrogen) atoms. The molecule has 2 N–H and O–H groups in total. The average Bonchev–Trinajstić information content (AvgIpc) is 2.64. The maximum absolute atomic E-state index is 12.3. The number of aryl methyl sites for hydroxylation is 1. The van der Waals surface area contributed by atoms with Crippen molar-refractivity contribution in [2.75, 3.05) is 24.5 Å². The number of piperidine rings is 1. The van der Waals surface area contributed by atoms with E-state index in [9.17, 15) is 14.4 Å². The molecule has 2 aromatic rings. The van der Waals surface area contributed by atoms with Crippen LogP contribution >= 0.6 is 0 Å². The smallest absolute Gasteiger partial charge is 0.328 e. The number of anilines is 1. The normalized spacial score (nSPS) is 17.3. The molecule has 8 nitrogen and oxygen atoms in total. The molecule has 1 atom stereocenters. The number of nitrogens with one attached hydrogen (secondary N) is 2. The Morgan fingerprint density at radius 1 is 1.40 bits per heavy atom. The van der Waals surface area contributed by atoms with Gasteiger partial charge in [-0.15, -0.1) is 0 Å². The summed E-state index contributed by atoms with van der Waals surface area (Å²) in [5, 5.41) is 2.81. The third kappa shape index (κ3) is 3.96. The van der Waals surface area contributed by atoms with E-state index in [4.69, 9.17) is 0 Å². The summed E-state index contributed by atoms with van der Waals surface area (Å²) in [6.45, 7) is 2.23. The van der Waals surface area contributed by atoms with Crippen molar-refractivity contribution in [2.24, 2.45) is 13.0 Å². The summed E-state index contributed by atoms with van der Waals surface area (Å²) >= 11 is 0. The van der Waals surface area contributed by atoms with E-state index in [0.29, 0.717) is 6.54 Å². The van der Waals surface area contributed by atoms with Crippen molar-refractivity contribution in [3.63, 3.8) is 0 Å². The number of rotatable bonds is 4. The lowest BCUT2D eigenvalue weighted by molar-refractivity contribution is 0.0943. The number of hydrogen-bond acceptors (Lipinski definition) is 5. The zero-order valence-corrected chi connectivity index (χ0v) is 14.1. The highest BCUT2D eigenvalue weighted by Gasteiger charge is 2.22. The first kappa shape index (κ1) is 16.9. The summed E-state index contributed by atoms with van der Waals surface area (Å²) in [7, 11) is 1.49. The summed E-state index contributed by atoms with van der Waals surface area (Å²) in [6.07, 6.45) is 5.06.